The number of hydrogen-bond donors (Lipinski definition) is 0. The van der Waals surface area contributed by atoms with Crippen LogP contribution in [0, 0.1) is 18.6 Å². The normalized spacial score (nSPS) is 11.9. The maximum atomic E-state index is 12.8. The van der Waals surface area contributed by atoms with Gasteiger partial charge in [0.25, 0.3) is 0 Å². The Balaban J connectivity index is 3.49. The highest BCUT2D eigenvalue weighted by molar-refractivity contribution is 6.31. The number of benzene rings is 1. The maximum Gasteiger partial charge on any atom is 0.419 e. The Bertz CT molecular complexity index is 369. The van der Waals surface area contributed by atoms with Crippen LogP contribution in [0.3, 0.4) is 0 Å². The van der Waals surface area contributed by atoms with Crippen molar-refractivity contribution in [2.75, 3.05) is 0 Å². The third-order valence-electron chi connectivity index (χ3n) is 1.69. The average molecular weight is 231 g/mol. The summed E-state index contributed by atoms with van der Waals surface area (Å²) in [7, 11) is 0. The molecule has 0 aromatic heterocycles. The summed E-state index contributed by atoms with van der Waals surface area (Å²) in [5.41, 5.74) is -2.03. The summed E-state index contributed by atoms with van der Waals surface area (Å²) >= 11 is 5.29. The summed E-state index contributed by atoms with van der Waals surface area (Å²) in [6.07, 6.45) is -4.94. The van der Waals surface area contributed by atoms with Crippen LogP contribution in [-0.4, -0.2) is 0 Å². The smallest absolute Gasteiger partial charge is 0.203 e. The molecule has 1 aromatic carbocycles. The summed E-state index contributed by atoms with van der Waals surface area (Å²) in [5.74, 6) is -3.48. The molecule has 0 aliphatic heterocycles. The van der Waals surface area contributed by atoms with Crippen molar-refractivity contribution in [3.8, 4) is 0 Å². The molecule has 0 aliphatic carbocycles. The monoisotopic (exact) mass is 230 g/mol. The zero-order chi connectivity index (χ0) is 11.1. The molecule has 0 heterocycles. The van der Waals surface area contributed by atoms with Gasteiger partial charge in [-0.15, -0.1) is 0 Å². The molecule has 0 spiro atoms. The standard InChI is InChI=1S/C8H4ClF5/c1-3-5(9)2-4(8(12,13)14)7(11)6(3)10/h2H,1H3. The molecule has 0 saturated heterocycles. The highest BCUT2D eigenvalue weighted by atomic mass is 35.5. The van der Waals surface area contributed by atoms with Crippen molar-refractivity contribution in [3.63, 3.8) is 0 Å². The minimum Gasteiger partial charge on any atom is -0.203 e. The van der Waals surface area contributed by atoms with Crippen LogP contribution in [0.1, 0.15) is 11.1 Å². The van der Waals surface area contributed by atoms with Crippen molar-refractivity contribution in [2.24, 2.45) is 0 Å². The van der Waals surface area contributed by atoms with E-state index >= 15 is 0 Å². The van der Waals surface area contributed by atoms with E-state index in [4.69, 9.17) is 11.6 Å². The molecule has 6 heteroatoms. The number of halogens is 6. The second-order valence-corrected chi connectivity index (χ2v) is 3.06. The fraction of sp³-hybridized carbons (Fsp3) is 0.250. The molecule has 0 radical (unpaired) electrons. The maximum absolute atomic E-state index is 12.8. The first-order chi connectivity index (χ1) is 6.25. The predicted octanol–water partition coefficient (Wildman–Crippen LogP) is 3.95. The molecule has 0 N–H and O–H groups in total. The average Bonchev–Trinajstić information content (AvgIpc) is 2.06. The lowest BCUT2D eigenvalue weighted by Crippen LogP contribution is -2.10. The molecule has 78 valence electrons. The molecule has 0 fully saturated rings. The minimum absolute atomic E-state index is 0.336. The van der Waals surface area contributed by atoms with Gasteiger partial charge in [0.1, 0.15) is 0 Å². The van der Waals surface area contributed by atoms with Crippen LogP contribution in [0.25, 0.3) is 0 Å². The topological polar surface area (TPSA) is 0 Å². The summed E-state index contributed by atoms with van der Waals surface area (Å²) in [6.45, 7) is 1.10. The van der Waals surface area contributed by atoms with Crippen molar-refractivity contribution in [3.05, 3.63) is 33.9 Å². The first kappa shape index (κ1) is 11.2. The quantitative estimate of drug-likeness (QED) is 0.468. The molecule has 0 saturated carbocycles. The molecular formula is C8H4ClF5. The minimum atomic E-state index is -4.94. The number of alkyl halides is 3. The lowest BCUT2D eigenvalue weighted by molar-refractivity contribution is -0.140. The zero-order valence-electron chi connectivity index (χ0n) is 6.85. The number of hydrogen-bond acceptors (Lipinski definition) is 0. The van der Waals surface area contributed by atoms with E-state index in [-0.39, 0.29) is 5.56 Å². The van der Waals surface area contributed by atoms with E-state index in [1.54, 1.807) is 0 Å². The van der Waals surface area contributed by atoms with Crippen molar-refractivity contribution in [1.29, 1.82) is 0 Å². The Morgan fingerprint density at radius 1 is 1.14 bits per heavy atom. The van der Waals surface area contributed by atoms with Gasteiger partial charge in [0.2, 0.25) is 0 Å². The lowest BCUT2D eigenvalue weighted by Gasteiger charge is -2.10. The Morgan fingerprint density at radius 3 is 2.07 bits per heavy atom. The molecule has 0 atom stereocenters. The van der Waals surface area contributed by atoms with E-state index in [1.807, 2.05) is 0 Å². The van der Waals surface area contributed by atoms with E-state index in [0.29, 0.717) is 6.07 Å². The van der Waals surface area contributed by atoms with E-state index in [1.165, 1.54) is 0 Å². The van der Waals surface area contributed by atoms with Gasteiger partial charge in [-0.3, -0.25) is 0 Å². The van der Waals surface area contributed by atoms with Crippen LogP contribution in [-0.2, 0) is 6.18 Å². The molecule has 0 nitrogen and oxygen atoms in total. The van der Waals surface area contributed by atoms with Crippen LogP contribution in [0.5, 0.6) is 0 Å². The second kappa shape index (κ2) is 3.38. The fourth-order valence-corrected chi connectivity index (χ4v) is 1.08. The first-order valence-corrected chi connectivity index (χ1v) is 3.84. The summed E-state index contributed by atoms with van der Waals surface area (Å²) < 4.78 is 61.8. The van der Waals surface area contributed by atoms with Crippen molar-refractivity contribution in [2.45, 2.75) is 13.1 Å². The zero-order valence-corrected chi connectivity index (χ0v) is 7.60. The predicted molar refractivity (Wildman–Crippen MR) is 41.1 cm³/mol. The molecule has 0 bridgehead atoms. The third kappa shape index (κ3) is 1.82. The van der Waals surface area contributed by atoms with Crippen molar-refractivity contribution < 1.29 is 22.0 Å². The SMILES string of the molecule is Cc1c(Cl)cc(C(F)(F)F)c(F)c1F. The van der Waals surface area contributed by atoms with Gasteiger partial charge >= 0.3 is 6.18 Å². The molecule has 1 aromatic rings. The molecule has 1 rings (SSSR count). The van der Waals surface area contributed by atoms with Crippen LogP contribution < -0.4 is 0 Å². The lowest BCUT2D eigenvalue weighted by atomic mass is 10.1. The molecule has 14 heavy (non-hydrogen) atoms. The molecule has 0 aliphatic rings. The summed E-state index contributed by atoms with van der Waals surface area (Å²) in [4.78, 5) is 0. The fourth-order valence-electron chi connectivity index (χ4n) is 0.892. The van der Waals surface area contributed by atoms with Gasteiger partial charge < -0.3 is 0 Å². The van der Waals surface area contributed by atoms with Gasteiger partial charge in [0, 0.05) is 10.6 Å². The Hall–Kier alpha value is -0.840. The highest BCUT2D eigenvalue weighted by Gasteiger charge is 2.36. The number of rotatable bonds is 0. The summed E-state index contributed by atoms with van der Waals surface area (Å²) in [6, 6.07) is 0.370. The van der Waals surface area contributed by atoms with Gasteiger partial charge in [0.15, 0.2) is 11.6 Å². The van der Waals surface area contributed by atoms with Crippen LogP contribution >= 0.6 is 11.6 Å². The third-order valence-corrected chi connectivity index (χ3v) is 2.09. The summed E-state index contributed by atoms with van der Waals surface area (Å²) in [5, 5.41) is -0.448. The van der Waals surface area contributed by atoms with Gasteiger partial charge in [-0.1, -0.05) is 11.6 Å². The van der Waals surface area contributed by atoms with E-state index in [2.05, 4.69) is 0 Å². The van der Waals surface area contributed by atoms with Gasteiger partial charge in [-0.25, -0.2) is 8.78 Å². The Morgan fingerprint density at radius 2 is 1.64 bits per heavy atom. The van der Waals surface area contributed by atoms with Crippen LogP contribution in [0.2, 0.25) is 5.02 Å². The highest BCUT2D eigenvalue weighted by Crippen LogP contribution is 2.35. The first-order valence-electron chi connectivity index (χ1n) is 3.46. The van der Waals surface area contributed by atoms with Gasteiger partial charge in [-0.2, -0.15) is 13.2 Å². The van der Waals surface area contributed by atoms with Crippen molar-refractivity contribution in [1.82, 2.24) is 0 Å². The van der Waals surface area contributed by atoms with Gasteiger partial charge in [0.05, 0.1) is 5.56 Å². The Kier molecular flexibility index (Phi) is 2.71. The van der Waals surface area contributed by atoms with E-state index in [0.717, 1.165) is 6.92 Å². The molecular weight excluding hydrogens is 227 g/mol. The Labute approximate surface area is 81.3 Å². The van der Waals surface area contributed by atoms with E-state index < -0.39 is 28.4 Å². The van der Waals surface area contributed by atoms with Crippen LogP contribution in [0.15, 0.2) is 6.07 Å². The second-order valence-electron chi connectivity index (χ2n) is 2.66. The van der Waals surface area contributed by atoms with E-state index in [9.17, 15) is 22.0 Å². The van der Waals surface area contributed by atoms with Crippen molar-refractivity contribution >= 4 is 11.6 Å². The largest absolute Gasteiger partial charge is 0.419 e. The van der Waals surface area contributed by atoms with Gasteiger partial charge in [-0.05, 0) is 13.0 Å². The molecule has 0 unspecified atom stereocenters. The molecule has 0 amide bonds. The van der Waals surface area contributed by atoms with Crippen LogP contribution in [0.4, 0.5) is 22.0 Å².